The molecule has 6 nitrogen and oxygen atoms in total. The number of hydrogen-bond donors (Lipinski definition) is 1. The minimum absolute atomic E-state index is 0.0846. The van der Waals surface area contributed by atoms with Crippen LogP contribution in [0.2, 0.25) is 0 Å². The van der Waals surface area contributed by atoms with Crippen molar-refractivity contribution in [2.24, 2.45) is 0 Å². The van der Waals surface area contributed by atoms with Crippen LogP contribution in [0, 0.1) is 0 Å². The summed E-state index contributed by atoms with van der Waals surface area (Å²) in [4.78, 5) is 27.9. The van der Waals surface area contributed by atoms with Gasteiger partial charge in [0, 0.05) is 6.04 Å². The maximum Gasteiger partial charge on any atom is 0.326 e. The van der Waals surface area contributed by atoms with Crippen LogP contribution in [0.15, 0.2) is 15.6 Å². The number of ether oxygens (including phenoxy) is 1. The molecule has 1 aromatic heterocycles. The van der Waals surface area contributed by atoms with Crippen molar-refractivity contribution in [3.63, 3.8) is 0 Å². The number of rotatable bonds is 7. The third kappa shape index (κ3) is 4.96. The number of unbranched alkanes of at least 4 members (excludes halogenated alkanes) is 1. The molecule has 0 amide bonds. The van der Waals surface area contributed by atoms with Gasteiger partial charge in [-0.2, -0.15) is 0 Å². The van der Waals surface area contributed by atoms with Gasteiger partial charge in [-0.15, -0.1) is 0 Å². The summed E-state index contributed by atoms with van der Waals surface area (Å²) in [7, 11) is 0. The zero-order valence-electron chi connectivity index (χ0n) is 12.0. The summed E-state index contributed by atoms with van der Waals surface area (Å²) in [6.07, 6.45) is 3.26. The maximum absolute atomic E-state index is 12.2. The lowest BCUT2D eigenvalue weighted by atomic mass is 10.4. The van der Waals surface area contributed by atoms with Crippen LogP contribution in [-0.4, -0.2) is 28.2 Å². The average Bonchev–Trinajstić information content (AvgIpc) is 2.38. The Morgan fingerprint density at radius 1 is 1.55 bits per heavy atom. The summed E-state index contributed by atoms with van der Waals surface area (Å²) in [6.45, 7) is 6.09. The van der Waals surface area contributed by atoms with Gasteiger partial charge < -0.3 is 10.1 Å². The molecule has 0 aromatic carbocycles. The van der Waals surface area contributed by atoms with Crippen molar-refractivity contribution in [2.45, 2.75) is 46.2 Å². The van der Waals surface area contributed by atoms with Crippen molar-refractivity contribution in [1.29, 1.82) is 0 Å². The first-order valence-electron chi connectivity index (χ1n) is 6.63. The Hall–Kier alpha value is -1.37. The zero-order chi connectivity index (χ0) is 15.1. The molecule has 0 fully saturated rings. The highest BCUT2D eigenvalue weighted by Crippen LogP contribution is 2.08. The van der Waals surface area contributed by atoms with E-state index in [0.29, 0.717) is 11.2 Å². The Labute approximate surface area is 126 Å². The van der Waals surface area contributed by atoms with Crippen LogP contribution in [0.25, 0.3) is 0 Å². The van der Waals surface area contributed by atoms with E-state index in [2.05, 4.69) is 26.2 Å². The van der Waals surface area contributed by atoms with Crippen molar-refractivity contribution in [3.05, 3.63) is 21.2 Å². The third-order valence-corrected chi connectivity index (χ3v) is 3.11. The lowest BCUT2D eigenvalue weighted by Gasteiger charge is -2.12. The van der Waals surface area contributed by atoms with Crippen LogP contribution in [0.1, 0.15) is 33.6 Å². The molecule has 1 heterocycles. The van der Waals surface area contributed by atoms with Gasteiger partial charge in [-0.05, 0) is 36.2 Å². The lowest BCUT2D eigenvalue weighted by Crippen LogP contribution is -2.30. The summed E-state index contributed by atoms with van der Waals surface area (Å²) in [6, 6.07) is 0.0846. The fourth-order valence-electron chi connectivity index (χ4n) is 1.49. The normalized spacial score (nSPS) is 10.7. The molecule has 0 aliphatic heterocycles. The molecule has 0 spiro atoms. The number of nitrogens with one attached hydrogen (secondary N) is 1. The standard InChI is InChI=1S/C13H20BrN3O3/c1-4-5-6-20-11(18)8-17-10(14)7-15-12(13(17)19)16-9(2)3/h7,9H,4-6,8H2,1-3H3,(H,15,16). The number of carbonyl (C=O) groups excluding carboxylic acids is 1. The van der Waals surface area contributed by atoms with E-state index in [1.807, 2.05) is 20.8 Å². The Kier molecular flexibility index (Phi) is 6.70. The average molecular weight is 346 g/mol. The van der Waals surface area contributed by atoms with Gasteiger partial charge >= 0.3 is 5.97 Å². The van der Waals surface area contributed by atoms with E-state index in [0.717, 1.165) is 12.8 Å². The van der Waals surface area contributed by atoms with Crippen LogP contribution >= 0.6 is 15.9 Å². The van der Waals surface area contributed by atoms with Gasteiger partial charge in [0.15, 0.2) is 5.82 Å². The predicted molar refractivity (Wildman–Crippen MR) is 80.8 cm³/mol. The zero-order valence-corrected chi connectivity index (χ0v) is 13.6. The van der Waals surface area contributed by atoms with E-state index in [4.69, 9.17) is 4.74 Å². The highest BCUT2D eigenvalue weighted by Gasteiger charge is 2.13. The molecule has 1 aromatic rings. The van der Waals surface area contributed by atoms with E-state index >= 15 is 0 Å². The summed E-state index contributed by atoms with van der Waals surface area (Å²) < 4.78 is 6.80. The maximum atomic E-state index is 12.2. The van der Waals surface area contributed by atoms with Crippen molar-refractivity contribution < 1.29 is 9.53 Å². The molecule has 0 saturated heterocycles. The van der Waals surface area contributed by atoms with Gasteiger partial charge in [0.25, 0.3) is 5.56 Å². The molecule has 0 radical (unpaired) electrons. The fraction of sp³-hybridized carbons (Fsp3) is 0.615. The van der Waals surface area contributed by atoms with Crippen molar-refractivity contribution >= 4 is 27.7 Å². The Morgan fingerprint density at radius 3 is 2.85 bits per heavy atom. The van der Waals surface area contributed by atoms with E-state index in [-0.39, 0.29) is 24.0 Å². The van der Waals surface area contributed by atoms with Crippen LogP contribution < -0.4 is 10.9 Å². The highest BCUT2D eigenvalue weighted by molar-refractivity contribution is 9.10. The van der Waals surface area contributed by atoms with Crippen LogP contribution in [-0.2, 0) is 16.1 Å². The van der Waals surface area contributed by atoms with Gasteiger partial charge in [0.2, 0.25) is 0 Å². The predicted octanol–water partition coefficient (Wildman–Crippen LogP) is 2.17. The van der Waals surface area contributed by atoms with Crippen LogP contribution in [0.5, 0.6) is 0 Å². The Bertz CT molecular complexity index is 514. The van der Waals surface area contributed by atoms with Gasteiger partial charge in [-0.25, -0.2) is 4.98 Å². The van der Waals surface area contributed by atoms with E-state index < -0.39 is 5.97 Å². The number of nitrogens with zero attached hydrogens (tertiary/aromatic N) is 2. The van der Waals surface area contributed by atoms with E-state index in [1.165, 1.54) is 10.8 Å². The second kappa shape index (κ2) is 8.04. The molecular formula is C13H20BrN3O3. The monoisotopic (exact) mass is 345 g/mol. The molecule has 1 N–H and O–H groups in total. The number of hydrogen-bond acceptors (Lipinski definition) is 5. The Balaban J connectivity index is 2.83. The van der Waals surface area contributed by atoms with Crippen LogP contribution in [0.4, 0.5) is 5.82 Å². The van der Waals surface area contributed by atoms with Gasteiger partial charge in [0.05, 0.1) is 12.8 Å². The largest absolute Gasteiger partial charge is 0.464 e. The van der Waals surface area contributed by atoms with Crippen molar-refractivity contribution in [1.82, 2.24) is 9.55 Å². The second-order valence-electron chi connectivity index (χ2n) is 4.69. The molecule has 0 bridgehead atoms. The van der Waals surface area contributed by atoms with E-state index in [1.54, 1.807) is 0 Å². The molecule has 112 valence electrons. The molecule has 7 heteroatoms. The quantitative estimate of drug-likeness (QED) is 0.605. The first-order valence-corrected chi connectivity index (χ1v) is 7.42. The number of aromatic nitrogens is 2. The minimum atomic E-state index is -0.428. The van der Waals surface area contributed by atoms with Gasteiger partial charge in [0.1, 0.15) is 11.1 Å². The third-order valence-electron chi connectivity index (χ3n) is 2.48. The SMILES string of the molecule is CCCCOC(=O)Cn1c(Br)cnc(NC(C)C)c1=O. The second-order valence-corrected chi connectivity index (χ2v) is 5.51. The number of halogens is 1. The first kappa shape index (κ1) is 16.7. The highest BCUT2D eigenvalue weighted by atomic mass is 79.9. The molecule has 0 aliphatic rings. The molecular weight excluding hydrogens is 326 g/mol. The first-order chi connectivity index (χ1) is 9.45. The van der Waals surface area contributed by atoms with Crippen molar-refractivity contribution in [3.8, 4) is 0 Å². The van der Waals surface area contributed by atoms with Gasteiger partial charge in [-0.1, -0.05) is 13.3 Å². The topological polar surface area (TPSA) is 73.2 Å². The Morgan fingerprint density at radius 2 is 2.25 bits per heavy atom. The van der Waals surface area contributed by atoms with Crippen LogP contribution in [0.3, 0.4) is 0 Å². The van der Waals surface area contributed by atoms with Gasteiger partial charge in [-0.3, -0.25) is 14.2 Å². The number of anilines is 1. The van der Waals surface area contributed by atoms with E-state index in [9.17, 15) is 9.59 Å². The van der Waals surface area contributed by atoms with Crippen molar-refractivity contribution in [2.75, 3.05) is 11.9 Å². The molecule has 0 atom stereocenters. The lowest BCUT2D eigenvalue weighted by molar-refractivity contribution is -0.144. The molecule has 0 aliphatic carbocycles. The summed E-state index contributed by atoms with van der Waals surface area (Å²) in [5.74, 6) is -0.201. The molecule has 0 saturated carbocycles. The summed E-state index contributed by atoms with van der Waals surface area (Å²) in [5, 5.41) is 2.95. The summed E-state index contributed by atoms with van der Waals surface area (Å²) in [5.41, 5.74) is -0.347. The fourth-order valence-corrected chi connectivity index (χ4v) is 1.88. The molecule has 20 heavy (non-hydrogen) atoms. The molecule has 1 rings (SSSR count). The number of carbonyl (C=O) groups is 1. The summed E-state index contributed by atoms with van der Waals surface area (Å²) >= 11 is 3.22. The minimum Gasteiger partial charge on any atom is -0.464 e. The number of esters is 1. The molecule has 0 unspecified atom stereocenters. The smallest absolute Gasteiger partial charge is 0.326 e.